The number of aryl methyl sites for hydroxylation is 1. The van der Waals surface area contributed by atoms with Gasteiger partial charge in [0.2, 0.25) is 0 Å². The van der Waals surface area contributed by atoms with Gasteiger partial charge in [-0.1, -0.05) is 12.1 Å². The van der Waals surface area contributed by atoms with Gasteiger partial charge in [0.05, 0.1) is 5.69 Å². The number of aromatic amines is 1. The molecule has 1 aliphatic heterocycles. The molecule has 0 radical (unpaired) electrons. The molecule has 2 aromatic rings. The number of halogens is 1. The molecule has 2 heterocycles. The highest BCUT2D eigenvalue weighted by molar-refractivity contribution is 5.90. The largest absolute Gasteiger partial charge is 0.352 e. The molecule has 132 valence electrons. The number of rotatable bonds is 3. The minimum absolute atomic E-state index is 0.256. The Kier molecular flexibility index (Phi) is 4.07. The van der Waals surface area contributed by atoms with Crippen molar-refractivity contribution in [3.05, 3.63) is 41.3 Å². The molecule has 0 atom stereocenters. The molecule has 0 unspecified atom stereocenters. The second-order valence-electron chi connectivity index (χ2n) is 6.79. The van der Waals surface area contributed by atoms with Gasteiger partial charge in [0.25, 0.3) is 0 Å². The maximum absolute atomic E-state index is 13.9. The second-order valence-corrected chi connectivity index (χ2v) is 6.79. The van der Waals surface area contributed by atoms with E-state index in [1.54, 1.807) is 24.0 Å². The van der Waals surface area contributed by atoms with Crippen molar-refractivity contribution in [2.75, 3.05) is 36.4 Å². The first-order chi connectivity index (χ1) is 12.1. The number of carbonyl (C=O) groups is 1. The van der Waals surface area contributed by atoms with Crippen LogP contribution in [0.5, 0.6) is 0 Å². The van der Waals surface area contributed by atoms with Gasteiger partial charge >= 0.3 is 6.03 Å². The van der Waals surface area contributed by atoms with Crippen molar-refractivity contribution in [1.29, 1.82) is 0 Å². The van der Waals surface area contributed by atoms with Gasteiger partial charge in [-0.05, 0) is 31.4 Å². The van der Waals surface area contributed by atoms with Crippen LogP contribution in [0.4, 0.5) is 20.7 Å². The summed E-state index contributed by atoms with van der Waals surface area (Å²) >= 11 is 0. The molecule has 1 saturated carbocycles. The quantitative estimate of drug-likeness (QED) is 0.900. The maximum atomic E-state index is 13.9. The van der Waals surface area contributed by atoms with Crippen LogP contribution in [0, 0.1) is 12.7 Å². The van der Waals surface area contributed by atoms with Gasteiger partial charge in [-0.15, -0.1) is 0 Å². The fourth-order valence-electron chi connectivity index (χ4n) is 3.21. The number of piperazine rings is 1. The summed E-state index contributed by atoms with van der Waals surface area (Å²) in [6.45, 7) is 4.40. The van der Waals surface area contributed by atoms with E-state index in [1.165, 1.54) is 24.6 Å². The first-order valence-electron chi connectivity index (χ1n) is 8.73. The number of amides is 2. The van der Waals surface area contributed by atoms with E-state index in [4.69, 9.17) is 0 Å². The van der Waals surface area contributed by atoms with Crippen LogP contribution in [0.2, 0.25) is 0 Å². The molecule has 25 heavy (non-hydrogen) atoms. The third-order valence-corrected chi connectivity index (χ3v) is 4.95. The van der Waals surface area contributed by atoms with Crippen molar-refractivity contribution in [1.82, 2.24) is 15.1 Å². The van der Waals surface area contributed by atoms with Crippen molar-refractivity contribution in [2.24, 2.45) is 0 Å². The summed E-state index contributed by atoms with van der Waals surface area (Å²) in [6, 6.07) is 6.64. The molecule has 6 nitrogen and oxygen atoms in total. The summed E-state index contributed by atoms with van der Waals surface area (Å²) in [5.41, 5.74) is 2.19. The molecule has 1 saturated heterocycles. The first-order valence-corrected chi connectivity index (χ1v) is 8.73. The molecule has 0 spiro atoms. The van der Waals surface area contributed by atoms with Crippen LogP contribution in [0.1, 0.15) is 30.0 Å². The fraction of sp³-hybridized carbons (Fsp3) is 0.444. The molecule has 1 aromatic carbocycles. The van der Waals surface area contributed by atoms with Gasteiger partial charge in [-0.25, -0.2) is 9.18 Å². The van der Waals surface area contributed by atoms with Crippen LogP contribution in [0.3, 0.4) is 0 Å². The van der Waals surface area contributed by atoms with Crippen LogP contribution < -0.4 is 10.2 Å². The fourth-order valence-corrected chi connectivity index (χ4v) is 3.21. The summed E-state index contributed by atoms with van der Waals surface area (Å²) in [7, 11) is 0. The highest BCUT2D eigenvalue weighted by Crippen LogP contribution is 2.39. The molecule has 0 bridgehead atoms. The van der Waals surface area contributed by atoms with E-state index in [2.05, 4.69) is 26.5 Å². The lowest BCUT2D eigenvalue weighted by atomic mass is 10.2. The van der Waals surface area contributed by atoms with E-state index in [-0.39, 0.29) is 11.7 Å². The average molecular weight is 343 g/mol. The van der Waals surface area contributed by atoms with Crippen LogP contribution in [-0.2, 0) is 0 Å². The van der Waals surface area contributed by atoms with Crippen molar-refractivity contribution in [3.63, 3.8) is 0 Å². The number of para-hydroxylation sites is 1. The van der Waals surface area contributed by atoms with Crippen molar-refractivity contribution >= 4 is 17.5 Å². The maximum Gasteiger partial charge on any atom is 0.322 e. The lowest BCUT2D eigenvalue weighted by molar-refractivity contribution is 0.208. The van der Waals surface area contributed by atoms with Gasteiger partial charge in [0.15, 0.2) is 5.82 Å². The monoisotopic (exact) mass is 343 g/mol. The lowest BCUT2D eigenvalue weighted by Crippen LogP contribution is -2.50. The predicted octanol–water partition coefficient (Wildman–Crippen LogP) is 3.09. The van der Waals surface area contributed by atoms with Crippen molar-refractivity contribution < 1.29 is 9.18 Å². The van der Waals surface area contributed by atoms with E-state index >= 15 is 0 Å². The number of carbonyl (C=O) groups excluding carboxylic acids is 1. The summed E-state index contributed by atoms with van der Waals surface area (Å²) < 4.78 is 13.9. The molecule has 4 rings (SSSR count). The van der Waals surface area contributed by atoms with E-state index in [1.807, 2.05) is 0 Å². The molecule has 7 heteroatoms. The zero-order chi connectivity index (χ0) is 17.4. The standard InChI is InChI=1S/C18H22FN5O/c1-12-3-2-4-14(19)17(12)20-18(25)24-9-7-23(8-10-24)16-11-15(21-22-16)13-5-6-13/h2-4,11,13H,5-10H2,1H3,(H,20,25)(H,21,22). The average Bonchev–Trinajstić information content (AvgIpc) is 3.35. The Morgan fingerprint density at radius 2 is 2.04 bits per heavy atom. The Balaban J connectivity index is 1.35. The summed E-state index contributed by atoms with van der Waals surface area (Å²) in [6.07, 6.45) is 2.48. The highest BCUT2D eigenvalue weighted by Gasteiger charge is 2.28. The molecule has 1 aliphatic carbocycles. The number of hydrogen-bond acceptors (Lipinski definition) is 3. The Morgan fingerprint density at radius 3 is 2.72 bits per heavy atom. The number of nitrogens with one attached hydrogen (secondary N) is 2. The Hall–Kier alpha value is -2.57. The van der Waals surface area contributed by atoms with Crippen LogP contribution in [-0.4, -0.2) is 47.3 Å². The van der Waals surface area contributed by atoms with Gasteiger partial charge < -0.3 is 15.1 Å². The topological polar surface area (TPSA) is 64.3 Å². The number of H-pyrrole nitrogens is 1. The number of nitrogens with zero attached hydrogens (tertiary/aromatic N) is 3. The van der Waals surface area contributed by atoms with Gasteiger partial charge in [-0.3, -0.25) is 5.10 Å². The van der Waals surface area contributed by atoms with Crippen LogP contribution >= 0.6 is 0 Å². The number of anilines is 2. The normalized spacial score (nSPS) is 17.7. The third-order valence-electron chi connectivity index (χ3n) is 4.95. The lowest BCUT2D eigenvalue weighted by Gasteiger charge is -2.34. The van der Waals surface area contributed by atoms with Gasteiger partial charge in [0.1, 0.15) is 5.82 Å². The zero-order valence-electron chi connectivity index (χ0n) is 14.3. The third kappa shape index (κ3) is 3.31. The van der Waals surface area contributed by atoms with E-state index in [9.17, 15) is 9.18 Å². The number of urea groups is 1. The molecule has 2 fully saturated rings. The van der Waals surface area contributed by atoms with Gasteiger partial charge in [-0.2, -0.15) is 5.10 Å². The predicted molar refractivity (Wildman–Crippen MR) is 94.5 cm³/mol. The van der Waals surface area contributed by atoms with Crippen molar-refractivity contribution in [2.45, 2.75) is 25.7 Å². The minimum Gasteiger partial charge on any atom is -0.352 e. The summed E-state index contributed by atoms with van der Waals surface area (Å²) in [5.74, 6) is 1.19. The van der Waals surface area contributed by atoms with Gasteiger partial charge in [0, 0.05) is 43.9 Å². The molecule has 2 aliphatic rings. The number of hydrogen-bond donors (Lipinski definition) is 2. The SMILES string of the molecule is Cc1cccc(F)c1NC(=O)N1CCN(c2cc(C3CC3)[nH]n2)CC1. The Morgan fingerprint density at radius 1 is 1.28 bits per heavy atom. The van der Waals surface area contributed by atoms with Crippen LogP contribution in [0.15, 0.2) is 24.3 Å². The van der Waals surface area contributed by atoms with Crippen LogP contribution in [0.25, 0.3) is 0 Å². The van der Waals surface area contributed by atoms with E-state index in [0.717, 1.165) is 24.5 Å². The molecule has 2 amide bonds. The minimum atomic E-state index is -0.406. The summed E-state index contributed by atoms with van der Waals surface area (Å²) in [4.78, 5) is 16.3. The number of benzene rings is 1. The number of aromatic nitrogens is 2. The molecule has 1 aromatic heterocycles. The Bertz CT molecular complexity index is 757. The molecule has 2 N–H and O–H groups in total. The van der Waals surface area contributed by atoms with Crippen molar-refractivity contribution in [3.8, 4) is 0 Å². The zero-order valence-corrected chi connectivity index (χ0v) is 14.3. The smallest absolute Gasteiger partial charge is 0.322 e. The molecular formula is C18H22FN5O. The Labute approximate surface area is 146 Å². The van der Waals surface area contributed by atoms with E-state index < -0.39 is 5.82 Å². The first kappa shape index (κ1) is 15.9. The van der Waals surface area contributed by atoms with E-state index in [0.29, 0.717) is 19.0 Å². The summed E-state index contributed by atoms with van der Waals surface area (Å²) in [5, 5.41) is 10.2. The second kappa shape index (κ2) is 6.38. The molecular weight excluding hydrogens is 321 g/mol. The highest BCUT2D eigenvalue weighted by atomic mass is 19.1.